The fraction of sp³-hybridized carbons (Fsp3) is 0.364. The van der Waals surface area contributed by atoms with Crippen molar-refractivity contribution in [3.8, 4) is 5.75 Å². The van der Waals surface area contributed by atoms with Crippen LogP contribution in [0.5, 0.6) is 5.75 Å². The Morgan fingerprint density at radius 2 is 2.13 bits per heavy atom. The first-order valence-electron chi connectivity index (χ1n) is 4.56. The van der Waals surface area contributed by atoms with E-state index in [4.69, 9.17) is 16.3 Å². The van der Waals surface area contributed by atoms with Gasteiger partial charge in [-0.15, -0.1) is 0 Å². The lowest BCUT2D eigenvalue weighted by atomic mass is 10.1. The van der Waals surface area contributed by atoms with E-state index in [1.54, 1.807) is 18.2 Å². The first-order valence-corrected chi connectivity index (χ1v) is 4.94. The molecule has 0 spiro atoms. The molecule has 0 aliphatic carbocycles. The summed E-state index contributed by atoms with van der Waals surface area (Å²) in [4.78, 5) is 13.5. The van der Waals surface area contributed by atoms with Crippen molar-refractivity contribution in [2.45, 2.75) is 0 Å². The van der Waals surface area contributed by atoms with Crippen molar-refractivity contribution in [3.05, 3.63) is 28.8 Å². The van der Waals surface area contributed by atoms with Gasteiger partial charge in [0.25, 0.3) is 0 Å². The number of benzene rings is 1. The van der Waals surface area contributed by atoms with E-state index < -0.39 is 0 Å². The lowest BCUT2D eigenvalue weighted by Crippen LogP contribution is -2.21. The number of ether oxygens (including phenoxy) is 1. The van der Waals surface area contributed by atoms with Crippen molar-refractivity contribution in [3.63, 3.8) is 0 Å². The maximum Gasteiger partial charge on any atom is 0.176 e. The zero-order valence-corrected chi connectivity index (χ0v) is 9.84. The van der Waals surface area contributed by atoms with Gasteiger partial charge >= 0.3 is 0 Å². The summed E-state index contributed by atoms with van der Waals surface area (Å²) in [5.41, 5.74) is 0.616. The number of nitrogens with zero attached hydrogens (tertiary/aromatic N) is 1. The number of carbonyl (C=O) groups excluding carboxylic acids is 1. The number of rotatable bonds is 4. The molecule has 1 rings (SSSR count). The van der Waals surface area contributed by atoms with E-state index in [0.717, 1.165) is 0 Å². The third-order valence-electron chi connectivity index (χ3n) is 1.93. The van der Waals surface area contributed by atoms with Crippen molar-refractivity contribution in [2.24, 2.45) is 0 Å². The van der Waals surface area contributed by atoms with Crippen LogP contribution in [0, 0.1) is 0 Å². The van der Waals surface area contributed by atoms with Crippen molar-refractivity contribution in [1.29, 1.82) is 0 Å². The molecule has 0 aliphatic heterocycles. The number of methoxy groups -OCH3 is 1. The Hall–Kier alpha value is -1.06. The zero-order chi connectivity index (χ0) is 11.4. The molecule has 4 heteroatoms. The highest BCUT2D eigenvalue weighted by atomic mass is 35.5. The van der Waals surface area contributed by atoms with Gasteiger partial charge in [0.05, 0.1) is 18.7 Å². The number of hydrogen-bond donors (Lipinski definition) is 0. The van der Waals surface area contributed by atoms with Crippen LogP contribution in [-0.4, -0.2) is 38.4 Å². The molecule has 1 aromatic carbocycles. The van der Waals surface area contributed by atoms with E-state index in [9.17, 15) is 4.79 Å². The molecule has 3 nitrogen and oxygen atoms in total. The standard InChI is InChI=1S/C11H14ClNO2/c1-13(2)7-10(14)8-4-5-9(12)11(6-8)15-3/h4-6H,7H2,1-3H3. The predicted octanol–water partition coefficient (Wildman–Crippen LogP) is 2.09. The highest BCUT2D eigenvalue weighted by Gasteiger charge is 2.09. The van der Waals surface area contributed by atoms with Crippen LogP contribution in [0.25, 0.3) is 0 Å². The summed E-state index contributed by atoms with van der Waals surface area (Å²) >= 11 is 5.86. The molecule has 82 valence electrons. The van der Waals surface area contributed by atoms with Gasteiger partial charge in [-0.2, -0.15) is 0 Å². The Morgan fingerprint density at radius 1 is 1.47 bits per heavy atom. The molecule has 0 bridgehead atoms. The molecule has 0 radical (unpaired) electrons. The highest BCUT2D eigenvalue weighted by Crippen LogP contribution is 2.25. The summed E-state index contributed by atoms with van der Waals surface area (Å²) in [5, 5.41) is 0.513. The number of carbonyl (C=O) groups is 1. The van der Waals surface area contributed by atoms with E-state index in [-0.39, 0.29) is 5.78 Å². The molecule has 15 heavy (non-hydrogen) atoms. The van der Waals surface area contributed by atoms with Gasteiger partial charge in [-0.1, -0.05) is 11.6 Å². The first kappa shape index (κ1) is 12.0. The Balaban J connectivity index is 2.91. The van der Waals surface area contributed by atoms with Gasteiger partial charge in [0.2, 0.25) is 0 Å². The van der Waals surface area contributed by atoms with Crippen LogP contribution >= 0.6 is 11.6 Å². The van der Waals surface area contributed by atoms with Crippen molar-refractivity contribution in [1.82, 2.24) is 4.90 Å². The molecule has 0 atom stereocenters. The molecule has 0 amide bonds. The van der Waals surface area contributed by atoms with Crippen LogP contribution < -0.4 is 4.74 Å². The first-order chi connectivity index (χ1) is 7.04. The second-order valence-electron chi connectivity index (χ2n) is 3.51. The topological polar surface area (TPSA) is 29.5 Å². The monoisotopic (exact) mass is 227 g/mol. The minimum atomic E-state index is 0.0509. The van der Waals surface area contributed by atoms with E-state index in [0.29, 0.717) is 22.9 Å². The zero-order valence-electron chi connectivity index (χ0n) is 9.08. The van der Waals surface area contributed by atoms with E-state index in [1.807, 2.05) is 19.0 Å². The molecule has 0 heterocycles. The number of hydrogen-bond acceptors (Lipinski definition) is 3. The molecule has 0 unspecified atom stereocenters. The van der Waals surface area contributed by atoms with Gasteiger partial charge < -0.3 is 9.64 Å². The van der Waals surface area contributed by atoms with Crippen LogP contribution in [-0.2, 0) is 0 Å². The SMILES string of the molecule is COc1cc(C(=O)CN(C)C)ccc1Cl. The van der Waals surface area contributed by atoms with Crippen LogP contribution in [0.4, 0.5) is 0 Å². The molecule has 1 aromatic rings. The quantitative estimate of drug-likeness (QED) is 0.738. The smallest absolute Gasteiger partial charge is 0.176 e. The van der Waals surface area contributed by atoms with Crippen LogP contribution in [0.2, 0.25) is 5.02 Å². The Morgan fingerprint density at radius 3 is 2.67 bits per heavy atom. The Labute approximate surface area is 94.6 Å². The van der Waals surface area contributed by atoms with Crippen LogP contribution in [0.3, 0.4) is 0 Å². The lowest BCUT2D eigenvalue weighted by Gasteiger charge is -2.09. The number of ketones is 1. The fourth-order valence-electron chi connectivity index (χ4n) is 1.21. The van der Waals surface area contributed by atoms with Gasteiger partial charge in [-0.25, -0.2) is 0 Å². The highest BCUT2D eigenvalue weighted by molar-refractivity contribution is 6.32. The maximum absolute atomic E-state index is 11.7. The fourth-order valence-corrected chi connectivity index (χ4v) is 1.41. The summed E-state index contributed by atoms with van der Waals surface area (Å²) in [6, 6.07) is 5.04. The second-order valence-corrected chi connectivity index (χ2v) is 3.92. The third-order valence-corrected chi connectivity index (χ3v) is 2.25. The van der Waals surface area contributed by atoms with E-state index in [1.165, 1.54) is 7.11 Å². The van der Waals surface area contributed by atoms with E-state index in [2.05, 4.69) is 0 Å². The van der Waals surface area contributed by atoms with E-state index >= 15 is 0 Å². The normalized spacial score (nSPS) is 10.5. The van der Waals surface area contributed by atoms with Gasteiger partial charge in [0.1, 0.15) is 5.75 Å². The molecule has 0 aliphatic rings. The molecule has 0 fully saturated rings. The molecular formula is C11H14ClNO2. The Bertz CT molecular complexity index is 364. The summed E-state index contributed by atoms with van der Waals surface area (Å²) in [7, 11) is 5.23. The number of halogens is 1. The third kappa shape index (κ3) is 3.22. The molecule has 0 aromatic heterocycles. The largest absolute Gasteiger partial charge is 0.495 e. The molecule has 0 saturated heterocycles. The maximum atomic E-state index is 11.7. The van der Waals surface area contributed by atoms with Crippen molar-refractivity contribution < 1.29 is 9.53 Å². The summed E-state index contributed by atoms with van der Waals surface area (Å²) < 4.78 is 5.04. The average molecular weight is 228 g/mol. The second kappa shape index (κ2) is 5.14. The molecular weight excluding hydrogens is 214 g/mol. The predicted molar refractivity (Wildman–Crippen MR) is 60.9 cm³/mol. The van der Waals surface area contributed by atoms with Gasteiger partial charge in [-0.3, -0.25) is 4.79 Å². The lowest BCUT2D eigenvalue weighted by molar-refractivity contribution is 0.0957. The average Bonchev–Trinajstić information content (AvgIpc) is 2.17. The van der Waals surface area contributed by atoms with Gasteiger partial charge in [0.15, 0.2) is 5.78 Å². The van der Waals surface area contributed by atoms with Crippen molar-refractivity contribution in [2.75, 3.05) is 27.7 Å². The number of likely N-dealkylation sites (N-methyl/N-ethyl adjacent to an activating group) is 1. The Kier molecular flexibility index (Phi) is 4.12. The minimum Gasteiger partial charge on any atom is -0.495 e. The summed E-state index contributed by atoms with van der Waals surface area (Å²) in [6.07, 6.45) is 0. The summed E-state index contributed by atoms with van der Waals surface area (Å²) in [5.74, 6) is 0.580. The van der Waals surface area contributed by atoms with Gasteiger partial charge in [0, 0.05) is 5.56 Å². The molecule has 0 N–H and O–H groups in total. The summed E-state index contributed by atoms with van der Waals surface area (Å²) in [6.45, 7) is 0.380. The molecule has 0 saturated carbocycles. The van der Waals surface area contributed by atoms with Crippen LogP contribution in [0.15, 0.2) is 18.2 Å². The number of Topliss-reactive ketones (excluding diaryl/α,β-unsaturated/α-hetero) is 1. The minimum absolute atomic E-state index is 0.0509. The van der Waals surface area contributed by atoms with Crippen molar-refractivity contribution >= 4 is 17.4 Å². The van der Waals surface area contributed by atoms with Crippen LogP contribution in [0.1, 0.15) is 10.4 Å². The van der Waals surface area contributed by atoms with Gasteiger partial charge in [-0.05, 0) is 32.3 Å².